The van der Waals surface area contributed by atoms with Crippen LogP contribution in [-0.4, -0.2) is 6.54 Å². The Balaban J connectivity index is 3.81. The highest BCUT2D eigenvalue weighted by Crippen LogP contribution is 2.64. The Kier molecular flexibility index (Phi) is 3.94. The molecule has 0 N–H and O–H groups in total. The smallest absolute Gasteiger partial charge is 0.225 e. The summed E-state index contributed by atoms with van der Waals surface area (Å²) < 4.78 is 3.55. The molecule has 0 rings (SSSR count). The molecule has 0 saturated carbocycles. The molecule has 0 amide bonds. The quantitative estimate of drug-likeness (QED) is 0.444. The predicted octanol–water partition coefficient (Wildman–Crippen LogP) is 3.28. The summed E-state index contributed by atoms with van der Waals surface area (Å²) in [6, 6.07) is 0. The molecule has 0 aromatic rings. The Bertz CT molecular complexity index is 144. The topological polar surface area (TPSA) is 12.4 Å². The van der Waals surface area contributed by atoms with Crippen LogP contribution >= 0.6 is 38.8 Å². The van der Waals surface area contributed by atoms with Crippen LogP contribution in [0.5, 0.6) is 0 Å². The maximum absolute atomic E-state index is 5.29. The predicted molar refractivity (Wildman–Crippen MR) is 40.6 cm³/mol. The fourth-order valence-electron chi connectivity index (χ4n) is 0.121. The highest BCUT2D eigenvalue weighted by atomic mass is 36.0. The van der Waals surface area contributed by atoms with E-state index >= 15 is 0 Å². The molecule has 0 atom stereocenters. The fourth-order valence-corrected chi connectivity index (χ4v) is 0.844. The third kappa shape index (κ3) is 6.66. The number of rotatable bonds is 1. The molecular formula is C3H3Cl3NP. The molecule has 0 spiro atoms. The highest BCUT2D eigenvalue weighted by Gasteiger charge is 2.01. The monoisotopic (exact) mass is 189 g/mol. The van der Waals surface area contributed by atoms with Gasteiger partial charge in [-0.25, -0.2) is 4.74 Å². The molecule has 46 valence electrons. The van der Waals surface area contributed by atoms with Crippen molar-refractivity contribution in [1.82, 2.24) is 0 Å². The van der Waals surface area contributed by atoms with Crippen LogP contribution in [-0.2, 0) is 0 Å². The summed E-state index contributed by atoms with van der Waals surface area (Å²) in [7, 11) is 0. The van der Waals surface area contributed by atoms with Crippen LogP contribution < -0.4 is 0 Å². The van der Waals surface area contributed by atoms with E-state index in [1.165, 1.54) is 0 Å². The van der Waals surface area contributed by atoms with E-state index in [2.05, 4.69) is 10.7 Å². The maximum atomic E-state index is 5.29. The van der Waals surface area contributed by atoms with E-state index in [0.717, 1.165) is 0 Å². The molecule has 0 aromatic carbocycles. The van der Waals surface area contributed by atoms with Crippen LogP contribution in [0.3, 0.4) is 0 Å². The van der Waals surface area contributed by atoms with E-state index in [4.69, 9.17) is 40.1 Å². The minimum Gasteiger partial charge on any atom is -0.248 e. The number of nitrogens with zero attached hydrogens (tertiary/aromatic N) is 1. The van der Waals surface area contributed by atoms with Gasteiger partial charge in [-0.05, 0) is 33.7 Å². The van der Waals surface area contributed by atoms with Crippen molar-refractivity contribution < 1.29 is 0 Å². The molecule has 0 aliphatic carbocycles. The highest BCUT2D eigenvalue weighted by molar-refractivity contribution is 8.26. The lowest BCUT2D eigenvalue weighted by molar-refractivity contribution is 1.33. The third-order valence-corrected chi connectivity index (χ3v) is 1.75. The van der Waals surface area contributed by atoms with Gasteiger partial charge in [0.15, 0.2) is 0 Å². The van der Waals surface area contributed by atoms with Crippen molar-refractivity contribution in [3.8, 4) is 12.3 Å². The van der Waals surface area contributed by atoms with Crippen molar-refractivity contribution in [2.24, 2.45) is 4.74 Å². The van der Waals surface area contributed by atoms with Crippen molar-refractivity contribution in [3.63, 3.8) is 0 Å². The standard InChI is InChI=1S/C3H3Cl3NP/c1-2-3-7-8(4,5)6/h1H,3H2. The van der Waals surface area contributed by atoms with Crippen molar-refractivity contribution in [2.75, 3.05) is 6.54 Å². The summed E-state index contributed by atoms with van der Waals surface area (Å²) in [6.07, 6.45) is 4.83. The molecule has 5 heteroatoms. The molecule has 0 fully saturated rings. The van der Waals surface area contributed by atoms with E-state index < -0.39 is 5.11 Å². The Morgan fingerprint density at radius 1 is 1.50 bits per heavy atom. The van der Waals surface area contributed by atoms with Crippen molar-refractivity contribution in [3.05, 3.63) is 0 Å². The fraction of sp³-hybridized carbons (Fsp3) is 0.333. The molecule has 0 heterocycles. The SMILES string of the molecule is C#CCN=P(Cl)(Cl)Cl. The molecule has 0 aromatic heterocycles. The van der Waals surface area contributed by atoms with E-state index in [0.29, 0.717) is 0 Å². The number of halogens is 3. The average Bonchev–Trinajstić information content (AvgIpc) is 1.59. The van der Waals surface area contributed by atoms with Gasteiger partial charge in [-0.1, -0.05) is 5.92 Å². The molecule has 8 heavy (non-hydrogen) atoms. The summed E-state index contributed by atoms with van der Waals surface area (Å²) in [5, 5.41) is -2.53. The molecular weight excluding hydrogens is 187 g/mol. The van der Waals surface area contributed by atoms with E-state index in [1.54, 1.807) is 0 Å². The van der Waals surface area contributed by atoms with Crippen LogP contribution in [0, 0.1) is 12.3 Å². The Morgan fingerprint density at radius 2 is 2.00 bits per heavy atom. The van der Waals surface area contributed by atoms with Gasteiger partial charge in [0.05, 0.1) is 0 Å². The zero-order valence-electron chi connectivity index (χ0n) is 3.81. The largest absolute Gasteiger partial charge is 0.248 e. The zero-order chi connectivity index (χ0) is 6.62. The van der Waals surface area contributed by atoms with Gasteiger partial charge in [0.1, 0.15) is 6.54 Å². The average molecular weight is 190 g/mol. The van der Waals surface area contributed by atoms with Gasteiger partial charge >= 0.3 is 0 Å². The Morgan fingerprint density at radius 3 is 2.12 bits per heavy atom. The van der Waals surface area contributed by atoms with E-state index in [-0.39, 0.29) is 6.54 Å². The van der Waals surface area contributed by atoms with Gasteiger partial charge in [0.2, 0.25) is 5.11 Å². The minimum absolute atomic E-state index is 0.185. The number of hydrogen-bond acceptors (Lipinski definition) is 1. The summed E-state index contributed by atoms with van der Waals surface area (Å²) in [5.41, 5.74) is 0. The van der Waals surface area contributed by atoms with Gasteiger partial charge < -0.3 is 0 Å². The second-order valence-corrected chi connectivity index (χ2v) is 8.00. The van der Waals surface area contributed by atoms with Gasteiger partial charge in [0.25, 0.3) is 0 Å². The van der Waals surface area contributed by atoms with Crippen molar-refractivity contribution >= 4 is 38.8 Å². The third-order valence-electron chi connectivity index (χ3n) is 0.322. The van der Waals surface area contributed by atoms with Crippen LogP contribution in [0.15, 0.2) is 4.74 Å². The lowest BCUT2D eigenvalue weighted by atomic mass is 10.7. The summed E-state index contributed by atoms with van der Waals surface area (Å²) in [4.78, 5) is 0. The van der Waals surface area contributed by atoms with Crippen LogP contribution in [0.25, 0.3) is 0 Å². The Labute approximate surface area is 62.7 Å². The first-order valence-electron chi connectivity index (χ1n) is 1.67. The molecule has 0 radical (unpaired) electrons. The van der Waals surface area contributed by atoms with Crippen LogP contribution in [0.1, 0.15) is 0 Å². The second kappa shape index (κ2) is 3.64. The lowest BCUT2D eigenvalue weighted by Crippen LogP contribution is -1.63. The first kappa shape index (κ1) is 8.66. The van der Waals surface area contributed by atoms with Gasteiger partial charge in [-0.15, -0.1) is 6.42 Å². The van der Waals surface area contributed by atoms with Gasteiger partial charge in [-0.2, -0.15) is 0 Å². The molecule has 0 aliphatic rings. The first-order valence-corrected chi connectivity index (χ1v) is 6.12. The normalized spacial score (nSPS) is 10.2. The minimum atomic E-state index is -2.53. The summed E-state index contributed by atoms with van der Waals surface area (Å²) >= 11 is 15.9. The van der Waals surface area contributed by atoms with E-state index in [9.17, 15) is 0 Å². The second-order valence-electron chi connectivity index (χ2n) is 0.922. The number of terminal acetylenes is 1. The molecule has 1 nitrogen and oxygen atoms in total. The van der Waals surface area contributed by atoms with E-state index in [1.807, 2.05) is 0 Å². The molecule has 0 aliphatic heterocycles. The van der Waals surface area contributed by atoms with Crippen LogP contribution in [0.2, 0.25) is 0 Å². The number of hydrogen-bond donors (Lipinski definition) is 0. The molecule has 0 unspecified atom stereocenters. The Hall–Kier alpha value is 0.660. The molecule has 0 bridgehead atoms. The van der Waals surface area contributed by atoms with Gasteiger partial charge in [-0.3, -0.25) is 0 Å². The van der Waals surface area contributed by atoms with Crippen molar-refractivity contribution in [2.45, 2.75) is 0 Å². The van der Waals surface area contributed by atoms with Gasteiger partial charge in [0, 0.05) is 0 Å². The van der Waals surface area contributed by atoms with Crippen molar-refractivity contribution in [1.29, 1.82) is 0 Å². The zero-order valence-corrected chi connectivity index (χ0v) is 6.97. The first-order chi connectivity index (χ1) is 3.56. The maximum Gasteiger partial charge on any atom is 0.225 e. The summed E-state index contributed by atoms with van der Waals surface area (Å²) in [6.45, 7) is 0.185. The lowest BCUT2D eigenvalue weighted by Gasteiger charge is -1.91. The molecule has 0 saturated heterocycles. The summed E-state index contributed by atoms with van der Waals surface area (Å²) in [5.74, 6) is 2.23. The van der Waals surface area contributed by atoms with Crippen LogP contribution in [0.4, 0.5) is 0 Å².